The molecule has 0 aliphatic carbocycles. The van der Waals surface area contributed by atoms with Gasteiger partial charge < -0.3 is 0 Å². The van der Waals surface area contributed by atoms with E-state index in [1.54, 1.807) is 0 Å². The maximum Gasteiger partial charge on any atom is 0 e. The summed E-state index contributed by atoms with van der Waals surface area (Å²) >= 11 is 0. The van der Waals surface area contributed by atoms with E-state index in [0.717, 1.165) is 0 Å². The Hall–Kier alpha value is 2.30. The van der Waals surface area contributed by atoms with Crippen LogP contribution >= 0.6 is 0 Å². The first-order valence-electron chi connectivity index (χ1n) is 0. The van der Waals surface area contributed by atoms with Crippen molar-refractivity contribution in [3.05, 3.63) is 0 Å². The topological polar surface area (TPSA) is 0 Å². The van der Waals surface area contributed by atoms with E-state index in [0.29, 0.717) is 0 Å². The van der Waals surface area contributed by atoms with Crippen LogP contribution in [0.15, 0.2) is 0 Å². The smallest absolute Gasteiger partial charge is 0 e. The number of hydrogen-bond acceptors (Lipinski definition) is 0. The second-order valence-electron chi connectivity index (χ2n) is 0. The third kappa shape index (κ3) is 8.85. The zero-order chi connectivity index (χ0) is 0. The molecule has 0 bridgehead atoms. The molecular weight excluding hydrogens is 299 g/mol. The average molecular weight is 299 g/mol. The minimum Gasteiger partial charge on any atom is 0 e. The molecule has 0 aliphatic heterocycles. The van der Waals surface area contributed by atoms with Gasteiger partial charge in [0.1, 0.15) is 0 Å². The van der Waals surface area contributed by atoms with Crippen LogP contribution in [0.5, 0.6) is 0 Å². The Balaban J connectivity index is 0. The van der Waals surface area contributed by atoms with Crippen molar-refractivity contribution < 1.29 is 73.6 Å². The fourth-order valence-electron chi connectivity index (χ4n) is 0. The summed E-state index contributed by atoms with van der Waals surface area (Å²) in [5, 5.41) is 0. The van der Waals surface area contributed by atoms with Gasteiger partial charge in [-0.15, -0.1) is 0 Å². The molecule has 44 valence electrons. The molecule has 0 atom stereocenters. The van der Waals surface area contributed by atoms with Crippen molar-refractivity contribution in [1.82, 2.24) is 0 Å². The fraction of sp³-hybridized carbons (Fsp3) is 0. The van der Waals surface area contributed by atoms with E-state index in [1.165, 1.54) is 0 Å². The molecule has 0 nitrogen and oxygen atoms in total. The summed E-state index contributed by atoms with van der Waals surface area (Å²) in [5.74, 6) is 0. The molecule has 4 heteroatoms. The molecule has 4 radical (unpaired) electrons. The minimum atomic E-state index is 0. The average Bonchev–Trinajstić information content (AvgIpc) is 0. The second-order valence-corrected chi connectivity index (χ2v) is 0. The number of hydrogen-bond donors (Lipinski definition) is 0. The summed E-state index contributed by atoms with van der Waals surface area (Å²) in [5.41, 5.74) is 0. The third-order valence-corrected chi connectivity index (χ3v) is 0. The van der Waals surface area contributed by atoms with Gasteiger partial charge in [0, 0.05) is 73.6 Å². The van der Waals surface area contributed by atoms with E-state index in [4.69, 9.17) is 0 Å². The molecule has 0 saturated carbocycles. The summed E-state index contributed by atoms with van der Waals surface area (Å²) in [6.07, 6.45) is 0. The summed E-state index contributed by atoms with van der Waals surface area (Å²) in [6.45, 7) is 0. The Morgan fingerprint density at radius 1 is 0.500 bits per heavy atom. The normalized spacial score (nSPS) is 0. The third-order valence-electron chi connectivity index (χ3n) is 0. The molecule has 0 aromatic carbocycles. The summed E-state index contributed by atoms with van der Waals surface area (Å²) in [7, 11) is 0. The molecule has 0 fully saturated rings. The van der Waals surface area contributed by atoms with Gasteiger partial charge >= 0.3 is 0 Å². The maximum atomic E-state index is 0. The quantitative estimate of drug-likeness (QED) is 0.552. The van der Waals surface area contributed by atoms with Crippen molar-refractivity contribution in [2.75, 3.05) is 0 Å². The molecule has 0 aromatic rings. The zero-order valence-electron chi connectivity index (χ0n) is 1.21. The van der Waals surface area contributed by atoms with Crippen LogP contribution in [0, 0.1) is 0 Å². The van der Waals surface area contributed by atoms with Crippen molar-refractivity contribution in [3.63, 3.8) is 0 Å². The molecule has 0 heterocycles. The second kappa shape index (κ2) is 18.5. The van der Waals surface area contributed by atoms with Gasteiger partial charge in [-0.1, -0.05) is 0 Å². The van der Waals surface area contributed by atoms with Crippen molar-refractivity contribution in [2.24, 2.45) is 0 Å². The van der Waals surface area contributed by atoms with E-state index >= 15 is 0 Å². The van der Waals surface area contributed by atoms with Gasteiger partial charge in [-0.3, -0.25) is 0 Å². The SMILES string of the molecule is [Ag].[Cu].[Cu].[Cu]. The Morgan fingerprint density at radius 2 is 0.500 bits per heavy atom. The van der Waals surface area contributed by atoms with E-state index < -0.39 is 0 Å². The van der Waals surface area contributed by atoms with Crippen LogP contribution in [0.2, 0.25) is 0 Å². The van der Waals surface area contributed by atoms with Gasteiger partial charge in [0.05, 0.1) is 0 Å². The molecule has 4 heavy (non-hydrogen) atoms. The minimum absolute atomic E-state index is 0. The van der Waals surface area contributed by atoms with E-state index in [2.05, 4.69) is 0 Å². The Bertz CT molecular complexity index is 3.25. The fourth-order valence-corrected chi connectivity index (χ4v) is 0. The van der Waals surface area contributed by atoms with Crippen LogP contribution in [0.25, 0.3) is 0 Å². The van der Waals surface area contributed by atoms with Gasteiger partial charge in [0.25, 0.3) is 0 Å². The Morgan fingerprint density at radius 3 is 0.500 bits per heavy atom. The standard InChI is InChI=1S/Ag.3Cu. The van der Waals surface area contributed by atoms with E-state index in [1.807, 2.05) is 0 Å². The van der Waals surface area contributed by atoms with Crippen molar-refractivity contribution >= 4 is 0 Å². The van der Waals surface area contributed by atoms with Gasteiger partial charge in [0.15, 0.2) is 0 Å². The first-order valence-corrected chi connectivity index (χ1v) is 0. The summed E-state index contributed by atoms with van der Waals surface area (Å²) < 4.78 is 0. The van der Waals surface area contributed by atoms with Crippen LogP contribution in [-0.2, 0) is 73.6 Å². The Labute approximate surface area is 72.8 Å². The molecule has 0 aromatic heterocycles. The van der Waals surface area contributed by atoms with Crippen molar-refractivity contribution in [1.29, 1.82) is 0 Å². The molecule has 0 N–H and O–H groups in total. The molecule has 0 rings (SSSR count). The predicted octanol–water partition coefficient (Wildman–Crippen LogP) is -0.0100. The summed E-state index contributed by atoms with van der Waals surface area (Å²) in [4.78, 5) is 0. The van der Waals surface area contributed by atoms with Crippen LogP contribution in [0.1, 0.15) is 0 Å². The number of rotatable bonds is 0. The predicted molar refractivity (Wildman–Crippen MR) is 0 cm³/mol. The van der Waals surface area contributed by atoms with Crippen LogP contribution in [0.4, 0.5) is 0 Å². The zero-order valence-corrected chi connectivity index (χ0v) is 5.51. The van der Waals surface area contributed by atoms with E-state index in [9.17, 15) is 0 Å². The van der Waals surface area contributed by atoms with Crippen LogP contribution < -0.4 is 0 Å². The molecule has 0 unspecified atom stereocenters. The van der Waals surface area contributed by atoms with Crippen LogP contribution in [-0.4, -0.2) is 0 Å². The molecule has 0 amide bonds. The van der Waals surface area contributed by atoms with Gasteiger partial charge in [-0.25, -0.2) is 0 Å². The van der Waals surface area contributed by atoms with Gasteiger partial charge in [0.2, 0.25) is 0 Å². The Kier molecular flexibility index (Phi) is 155. The molecule has 0 aliphatic rings. The molecule has 0 spiro atoms. The van der Waals surface area contributed by atoms with Crippen molar-refractivity contribution in [2.45, 2.75) is 0 Å². The largest absolute Gasteiger partial charge is 0 e. The first kappa shape index (κ1) is 33.5. The molecule has 0 saturated heterocycles. The van der Waals surface area contributed by atoms with Gasteiger partial charge in [-0.05, 0) is 0 Å². The molecular formula is AgCu3. The van der Waals surface area contributed by atoms with E-state index in [-0.39, 0.29) is 73.6 Å². The van der Waals surface area contributed by atoms with Crippen molar-refractivity contribution in [3.8, 4) is 0 Å². The monoisotopic (exact) mass is 296 g/mol. The maximum absolute atomic E-state index is 0. The van der Waals surface area contributed by atoms with Gasteiger partial charge in [-0.2, -0.15) is 0 Å². The van der Waals surface area contributed by atoms with Crippen LogP contribution in [0.3, 0.4) is 0 Å². The summed E-state index contributed by atoms with van der Waals surface area (Å²) in [6, 6.07) is 0. The first-order chi connectivity index (χ1) is 0.